The van der Waals surface area contributed by atoms with E-state index in [9.17, 15) is 4.79 Å². The Bertz CT molecular complexity index is 615. The summed E-state index contributed by atoms with van der Waals surface area (Å²) in [6, 6.07) is 4.05. The summed E-state index contributed by atoms with van der Waals surface area (Å²) in [4.78, 5) is 11.5. The second-order valence-corrected chi connectivity index (χ2v) is 5.40. The summed E-state index contributed by atoms with van der Waals surface area (Å²) in [6.45, 7) is 1.68. The van der Waals surface area contributed by atoms with Crippen molar-refractivity contribution < 1.29 is 14.3 Å². The minimum Gasteiger partial charge on any atom is -0.493 e. The van der Waals surface area contributed by atoms with Gasteiger partial charge in [-0.05, 0) is 48.4 Å². The zero-order valence-corrected chi connectivity index (χ0v) is 12.3. The maximum Gasteiger partial charge on any atom is 0.178 e. The SMILES string of the molecule is COc1cc2c(cc1OC)C1(C=CC(=O)C=C1)CCNC2. The van der Waals surface area contributed by atoms with Gasteiger partial charge in [-0.3, -0.25) is 4.79 Å². The first kappa shape index (κ1) is 13.9. The number of ketones is 1. The summed E-state index contributed by atoms with van der Waals surface area (Å²) in [5.74, 6) is 1.49. The van der Waals surface area contributed by atoms with E-state index in [-0.39, 0.29) is 11.2 Å². The molecule has 0 amide bonds. The molecule has 0 bridgehead atoms. The number of fused-ring (bicyclic) bond motifs is 2. The lowest BCUT2D eigenvalue weighted by molar-refractivity contribution is -0.110. The Hall–Kier alpha value is -2.07. The summed E-state index contributed by atoms with van der Waals surface area (Å²) in [5, 5.41) is 3.43. The molecule has 0 aromatic heterocycles. The van der Waals surface area contributed by atoms with Gasteiger partial charge in [-0.1, -0.05) is 12.2 Å². The minimum absolute atomic E-state index is 0.0415. The molecular formula is C17H19NO3. The normalized spacial score (nSPS) is 19.2. The smallest absolute Gasteiger partial charge is 0.178 e. The summed E-state index contributed by atoms with van der Waals surface area (Å²) >= 11 is 0. The number of methoxy groups -OCH3 is 2. The second kappa shape index (κ2) is 5.37. The monoisotopic (exact) mass is 285 g/mol. The summed E-state index contributed by atoms with van der Waals surface area (Å²) < 4.78 is 10.8. The molecule has 2 aliphatic rings. The molecule has 21 heavy (non-hydrogen) atoms. The standard InChI is InChI=1S/C17H19NO3/c1-20-15-9-12-11-18-8-7-17(5-3-13(19)4-6-17)14(12)10-16(15)21-2/h3-6,9-10,18H,7-8,11H2,1-2H3. The molecule has 1 aromatic rings. The molecule has 3 rings (SSSR count). The van der Waals surface area contributed by atoms with E-state index in [4.69, 9.17) is 9.47 Å². The van der Waals surface area contributed by atoms with Gasteiger partial charge in [0, 0.05) is 12.0 Å². The van der Waals surface area contributed by atoms with Gasteiger partial charge in [-0.15, -0.1) is 0 Å². The third kappa shape index (κ3) is 2.36. The van der Waals surface area contributed by atoms with Crippen LogP contribution < -0.4 is 14.8 Å². The van der Waals surface area contributed by atoms with Gasteiger partial charge >= 0.3 is 0 Å². The zero-order chi connectivity index (χ0) is 14.9. The Kier molecular flexibility index (Phi) is 3.55. The van der Waals surface area contributed by atoms with Crippen molar-refractivity contribution >= 4 is 5.78 Å². The van der Waals surface area contributed by atoms with Gasteiger partial charge in [0.25, 0.3) is 0 Å². The highest BCUT2D eigenvalue weighted by Crippen LogP contribution is 2.42. The van der Waals surface area contributed by atoms with Crippen LogP contribution in [0.4, 0.5) is 0 Å². The summed E-state index contributed by atoms with van der Waals surface area (Å²) in [7, 11) is 3.28. The van der Waals surface area contributed by atoms with Gasteiger partial charge in [-0.2, -0.15) is 0 Å². The lowest BCUT2D eigenvalue weighted by Gasteiger charge is -2.30. The maximum atomic E-state index is 11.5. The number of hydrogen-bond acceptors (Lipinski definition) is 4. The fraction of sp³-hybridized carbons (Fsp3) is 0.353. The van der Waals surface area contributed by atoms with Gasteiger partial charge in [-0.25, -0.2) is 0 Å². The number of ether oxygens (including phenoxy) is 2. The van der Waals surface area contributed by atoms with Crippen molar-refractivity contribution in [2.24, 2.45) is 0 Å². The Morgan fingerprint density at radius 2 is 1.76 bits per heavy atom. The average Bonchev–Trinajstić information content (AvgIpc) is 2.69. The van der Waals surface area contributed by atoms with Gasteiger partial charge in [0.05, 0.1) is 14.2 Å². The van der Waals surface area contributed by atoms with E-state index in [0.717, 1.165) is 31.0 Å². The molecule has 0 saturated heterocycles. The van der Waals surface area contributed by atoms with Crippen LogP contribution in [-0.4, -0.2) is 26.5 Å². The molecular weight excluding hydrogens is 266 g/mol. The van der Waals surface area contributed by atoms with E-state index >= 15 is 0 Å². The van der Waals surface area contributed by atoms with Crippen LogP contribution >= 0.6 is 0 Å². The Morgan fingerprint density at radius 1 is 1.10 bits per heavy atom. The van der Waals surface area contributed by atoms with Crippen molar-refractivity contribution in [1.29, 1.82) is 0 Å². The highest BCUT2D eigenvalue weighted by Gasteiger charge is 2.33. The number of carbonyl (C=O) groups excluding carboxylic acids is 1. The van der Waals surface area contributed by atoms with Crippen molar-refractivity contribution in [3.63, 3.8) is 0 Å². The zero-order valence-electron chi connectivity index (χ0n) is 12.3. The lowest BCUT2D eigenvalue weighted by Crippen LogP contribution is -2.26. The van der Waals surface area contributed by atoms with E-state index in [0.29, 0.717) is 0 Å². The average molecular weight is 285 g/mol. The fourth-order valence-electron chi connectivity index (χ4n) is 3.07. The molecule has 110 valence electrons. The highest BCUT2D eigenvalue weighted by molar-refractivity contribution is 6.00. The largest absolute Gasteiger partial charge is 0.493 e. The molecule has 0 radical (unpaired) electrons. The second-order valence-electron chi connectivity index (χ2n) is 5.40. The molecule has 1 aliphatic carbocycles. The van der Waals surface area contributed by atoms with Crippen LogP contribution in [0.25, 0.3) is 0 Å². The quantitative estimate of drug-likeness (QED) is 0.904. The molecule has 0 unspecified atom stereocenters. The molecule has 1 spiro atoms. The topological polar surface area (TPSA) is 47.6 Å². The van der Waals surface area contributed by atoms with Crippen LogP contribution in [0, 0.1) is 0 Å². The van der Waals surface area contributed by atoms with Crippen molar-refractivity contribution in [1.82, 2.24) is 5.32 Å². The van der Waals surface area contributed by atoms with E-state index in [1.54, 1.807) is 26.4 Å². The van der Waals surface area contributed by atoms with Gasteiger partial charge in [0.1, 0.15) is 0 Å². The first-order chi connectivity index (χ1) is 10.2. The van der Waals surface area contributed by atoms with Crippen molar-refractivity contribution in [3.05, 3.63) is 47.6 Å². The molecule has 1 aromatic carbocycles. The van der Waals surface area contributed by atoms with Gasteiger partial charge in [0.2, 0.25) is 0 Å². The van der Waals surface area contributed by atoms with Crippen LogP contribution in [0.15, 0.2) is 36.4 Å². The molecule has 1 aliphatic heterocycles. The third-order valence-electron chi connectivity index (χ3n) is 4.23. The van der Waals surface area contributed by atoms with Crippen LogP contribution in [0.5, 0.6) is 11.5 Å². The number of carbonyl (C=O) groups is 1. The summed E-state index contributed by atoms with van der Waals surface area (Å²) in [6.07, 6.45) is 8.24. The highest BCUT2D eigenvalue weighted by atomic mass is 16.5. The number of hydrogen-bond donors (Lipinski definition) is 1. The van der Waals surface area contributed by atoms with E-state index in [1.165, 1.54) is 11.1 Å². The van der Waals surface area contributed by atoms with Crippen LogP contribution in [0.1, 0.15) is 17.5 Å². The summed E-state index contributed by atoms with van der Waals surface area (Å²) in [5.41, 5.74) is 2.10. The first-order valence-electron chi connectivity index (χ1n) is 7.07. The molecule has 1 heterocycles. The number of benzene rings is 1. The Balaban J connectivity index is 2.18. The Morgan fingerprint density at radius 3 is 2.43 bits per heavy atom. The predicted molar refractivity (Wildman–Crippen MR) is 80.8 cm³/mol. The van der Waals surface area contributed by atoms with Gasteiger partial charge in [0.15, 0.2) is 17.3 Å². The maximum absolute atomic E-state index is 11.5. The lowest BCUT2D eigenvalue weighted by atomic mass is 9.73. The van der Waals surface area contributed by atoms with Crippen molar-refractivity contribution in [2.75, 3.05) is 20.8 Å². The molecule has 0 atom stereocenters. The third-order valence-corrected chi connectivity index (χ3v) is 4.23. The molecule has 4 nitrogen and oxygen atoms in total. The number of nitrogens with one attached hydrogen (secondary N) is 1. The Labute approximate surface area is 124 Å². The van der Waals surface area contributed by atoms with Crippen LogP contribution in [0.3, 0.4) is 0 Å². The number of rotatable bonds is 2. The molecule has 4 heteroatoms. The predicted octanol–water partition coefficient (Wildman–Crippen LogP) is 2.13. The fourth-order valence-corrected chi connectivity index (χ4v) is 3.07. The molecule has 0 saturated carbocycles. The number of allylic oxidation sites excluding steroid dienone is 4. The van der Waals surface area contributed by atoms with Gasteiger partial charge < -0.3 is 14.8 Å². The minimum atomic E-state index is -0.244. The molecule has 1 N–H and O–H groups in total. The molecule has 0 fully saturated rings. The van der Waals surface area contributed by atoms with Crippen LogP contribution in [-0.2, 0) is 16.8 Å². The van der Waals surface area contributed by atoms with E-state index in [1.807, 2.05) is 24.3 Å². The van der Waals surface area contributed by atoms with E-state index in [2.05, 4.69) is 5.32 Å². The van der Waals surface area contributed by atoms with Crippen molar-refractivity contribution in [2.45, 2.75) is 18.4 Å². The van der Waals surface area contributed by atoms with Crippen molar-refractivity contribution in [3.8, 4) is 11.5 Å². The van der Waals surface area contributed by atoms with Crippen LogP contribution in [0.2, 0.25) is 0 Å². The van der Waals surface area contributed by atoms with E-state index < -0.39 is 0 Å². The first-order valence-corrected chi connectivity index (χ1v) is 7.07.